The smallest absolute Gasteiger partial charge is 0.164 e. The number of ketones is 1. The quantitative estimate of drug-likeness (QED) is 0.415. The standard InChI is InChI=1S/C8H12O/c1-5-7(9)8(3,4)6-2/h5-6H,1-2H2,3-4H3. The average molecular weight is 124 g/mol. The van der Waals surface area contributed by atoms with Crippen LogP contribution in [0.5, 0.6) is 0 Å². The molecule has 0 aromatic heterocycles. The van der Waals surface area contributed by atoms with Gasteiger partial charge in [-0.2, -0.15) is 0 Å². The topological polar surface area (TPSA) is 17.1 Å². The number of hydrogen-bond donors (Lipinski definition) is 0. The summed E-state index contributed by atoms with van der Waals surface area (Å²) in [5.74, 6) is 0.0116. The van der Waals surface area contributed by atoms with Crippen molar-refractivity contribution in [1.82, 2.24) is 0 Å². The molecule has 0 rings (SSSR count). The molecule has 0 amide bonds. The summed E-state index contributed by atoms with van der Waals surface area (Å²) in [7, 11) is 0. The van der Waals surface area contributed by atoms with Crippen molar-refractivity contribution < 1.29 is 4.79 Å². The molecule has 0 bridgehead atoms. The third-order valence-corrected chi connectivity index (χ3v) is 1.33. The first-order valence-corrected chi connectivity index (χ1v) is 2.85. The van der Waals surface area contributed by atoms with Gasteiger partial charge in [0.1, 0.15) is 0 Å². The fraction of sp³-hybridized carbons (Fsp3) is 0.375. The van der Waals surface area contributed by atoms with E-state index in [0.717, 1.165) is 0 Å². The molecular weight excluding hydrogens is 112 g/mol. The molecule has 0 unspecified atom stereocenters. The van der Waals surface area contributed by atoms with E-state index >= 15 is 0 Å². The van der Waals surface area contributed by atoms with Crippen LogP contribution in [-0.2, 0) is 4.79 Å². The lowest BCUT2D eigenvalue weighted by Crippen LogP contribution is -2.18. The monoisotopic (exact) mass is 124 g/mol. The summed E-state index contributed by atoms with van der Waals surface area (Å²) in [4.78, 5) is 10.9. The van der Waals surface area contributed by atoms with Gasteiger partial charge in [-0.3, -0.25) is 4.79 Å². The fourth-order valence-corrected chi connectivity index (χ4v) is 0.364. The molecule has 0 atom stereocenters. The first-order chi connectivity index (χ1) is 4.04. The minimum atomic E-state index is -0.443. The van der Waals surface area contributed by atoms with Gasteiger partial charge in [-0.25, -0.2) is 0 Å². The largest absolute Gasteiger partial charge is 0.294 e. The number of carbonyl (C=O) groups is 1. The van der Waals surface area contributed by atoms with Gasteiger partial charge < -0.3 is 0 Å². The number of allylic oxidation sites excluding steroid dienone is 2. The second-order valence-electron chi connectivity index (χ2n) is 2.49. The van der Waals surface area contributed by atoms with E-state index < -0.39 is 5.41 Å². The molecule has 0 aliphatic carbocycles. The molecule has 0 aliphatic heterocycles. The maximum Gasteiger partial charge on any atom is 0.164 e. The summed E-state index contributed by atoms with van der Waals surface area (Å²) < 4.78 is 0. The Kier molecular flexibility index (Phi) is 2.38. The van der Waals surface area contributed by atoms with Crippen molar-refractivity contribution in [1.29, 1.82) is 0 Å². The van der Waals surface area contributed by atoms with E-state index in [4.69, 9.17) is 0 Å². The molecule has 0 aromatic rings. The zero-order chi connectivity index (χ0) is 7.49. The van der Waals surface area contributed by atoms with E-state index in [2.05, 4.69) is 13.2 Å². The van der Waals surface area contributed by atoms with Gasteiger partial charge in [0.2, 0.25) is 0 Å². The van der Waals surface area contributed by atoms with Crippen molar-refractivity contribution >= 4 is 5.78 Å². The molecule has 0 N–H and O–H groups in total. The molecule has 9 heavy (non-hydrogen) atoms. The summed E-state index contributed by atoms with van der Waals surface area (Å²) in [6.45, 7) is 10.5. The molecule has 0 heterocycles. The van der Waals surface area contributed by atoms with Crippen LogP contribution < -0.4 is 0 Å². The minimum absolute atomic E-state index is 0.0116. The van der Waals surface area contributed by atoms with Gasteiger partial charge in [0.05, 0.1) is 0 Å². The highest BCUT2D eigenvalue weighted by Gasteiger charge is 2.19. The first-order valence-electron chi connectivity index (χ1n) is 2.85. The summed E-state index contributed by atoms with van der Waals surface area (Å²) in [6, 6.07) is 0. The van der Waals surface area contributed by atoms with E-state index in [-0.39, 0.29) is 5.78 Å². The highest BCUT2D eigenvalue weighted by Crippen LogP contribution is 2.17. The Hall–Kier alpha value is -0.850. The summed E-state index contributed by atoms with van der Waals surface area (Å²) in [5.41, 5.74) is -0.443. The average Bonchev–Trinajstić information content (AvgIpc) is 1.86. The van der Waals surface area contributed by atoms with Crippen LogP contribution in [0.25, 0.3) is 0 Å². The Morgan fingerprint density at radius 2 is 1.89 bits per heavy atom. The molecule has 0 radical (unpaired) electrons. The van der Waals surface area contributed by atoms with Crippen molar-refractivity contribution in [3.05, 3.63) is 25.3 Å². The Balaban J connectivity index is 4.31. The van der Waals surface area contributed by atoms with E-state index in [0.29, 0.717) is 0 Å². The SMILES string of the molecule is C=CC(=O)C(C)(C)C=C. The minimum Gasteiger partial charge on any atom is -0.294 e. The van der Waals surface area contributed by atoms with Crippen LogP contribution in [-0.4, -0.2) is 5.78 Å². The van der Waals surface area contributed by atoms with Gasteiger partial charge in [-0.05, 0) is 19.9 Å². The molecule has 1 nitrogen and oxygen atoms in total. The lowest BCUT2D eigenvalue weighted by Gasteiger charge is -2.13. The van der Waals surface area contributed by atoms with Crippen LogP contribution >= 0.6 is 0 Å². The maximum atomic E-state index is 10.9. The second kappa shape index (κ2) is 2.62. The predicted molar refractivity (Wildman–Crippen MR) is 39.2 cm³/mol. The van der Waals surface area contributed by atoms with Gasteiger partial charge in [-0.15, -0.1) is 6.58 Å². The van der Waals surface area contributed by atoms with E-state index in [1.54, 1.807) is 6.08 Å². The van der Waals surface area contributed by atoms with Crippen molar-refractivity contribution in [2.24, 2.45) is 5.41 Å². The molecule has 50 valence electrons. The number of rotatable bonds is 3. The van der Waals surface area contributed by atoms with Crippen molar-refractivity contribution in [2.45, 2.75) is 13.8 Å². The van der Waals surface area contributed by atoms with E-state index in [1.165, 1.54) is 6.08 Å². The Bertz CT molecular complexity index is 143. The first kappa shape index (κ1) is 8.15. The van der Waals surface area contributed by atoms with Crippen LogP contribution in [0, 0.1) is 5.41 Å². The lowest BCUT2D eigenvalue weighted by molar-refractivity contribution is -0.120. The Morgan fingerprint density at radius 1 is 1.44 bits per heavy atom. The van der Waals surface area contributed by atoms with E-state index in [9.17, 15) is 4.79 Å². The van der Waals surface area contributed by atoms with Crippen LogP contribution in [0.3, 0.4) is 0 Å². The molecule has 0 aliphatic rings. The van der Waals surface area contributed by atoms with E-state index in [1.807, 2.05) is 13.8 Å². The van der Waals surface area contributed by atoms with Crippen molar-refractivity contribution in [3.63, 3.8) is 0 Å². The Labute approximate surface area is 56.1 Å². The molecule has 0 saturated heterocycles. The van der Waals surface area contributed by atoms with Gasteiger partial charge >= 0.3 is 0 Å². The van der Waals surface area contributed by atoms with Crippen LogP contribution in [0.1, 0.15) is 13.8 Å². The lowest BCUT2D eigenvalue weighted by atomic mass is 9.88. The van der Waals surface area contributed by atoms with Crippen molar-refractivity contribution in [3.8, 4) is 0 Å². The molecule has 1 heteroatoms. The van der Waals surface area contributed by atoms with Gasteiger partial charge in [-0.1, -0.05) is 12.7 Å². The highest BCUT2D eigenvalue weighted by molar-refractivity contribution is 5.95. The molecule has 0 aromatic carbocycles. The van der Waals surface area contributed by atoms with Crippen LogP contribution in [0.4, 0.5) is 0 Å². The predicted octanol–water partition coefficient (Wildman–Crippen LogP) is 1.95. The van der Waals surface area contributed by atoms with Gasteiger partial charge in [0, 0.05) is 5.41 Å². The number of carbonyl (C=O) groups excluding carboxylic acids is 1. The summed E-state index contributed by atoms with van der Waals surface area (Å²) in [6.07, 6.45) is 2.94. The molecule has 0 saturated carbocycles. The normalized spacial score (nSPS) is 10.4. The summed E-state index contributed by atoms with van der Waals surface area (Å²) >= 11 is 0. The van der Waals surface area contributed by atoms with Crippen LogP contribution in [0.2, 0.25) is 0 Å². The third-order valence-electron chi connectivity index (χ3n) is 1.33. The molecular formula is C8H12O. The fourth-order valence-electron chi connectivity index (χ4n) is 0.364. The summed E-state index contributed by atoms with van der Waals surface area (Å²) in [5, 5.41) is 0. The Morgan fingerprint density at radius 3 is 2.00 bits per heavy atom. The van der Waals surface area contributed by atoms with Crippen molar-refractivity contribution in [2.75, 3.05) is 0 Å². The zero-order valence-electron chi connectivity index (χ0n) is 5.98. The molecule has 0 spiro atoms. The number of hydrogen-bond acceptors (Lipinski definition) is 1. The zero-order valence-corrected chi connectivity index (χ0v) is 5.98. The molecule has 0 fully saturated rings. The maximum absolute atomic E-state index is 10.9. The second-order valence-corrected chi connectivity index (χ2v) is 2.49. The highest BCUT2D eigenvalue weighted by atomic mass is 16.1. The van der Waals surface area contributed by atoms with Gasteiger partial charge in [0.15, 0.2) is 5.78 Å². The third kappa shape index (κ3) is 1.84. The van der Waals surface area contributed by atoms with Crippen LogP contribution in [0.15, 0.2) is 25.3 Å². The van der Waals surface area contributed by atoms with Gasteiger partial charge in [0.25, 0.3) is 0 Å².